The van der Waals surface area contributed by atoms with E-state index in [1.165, 1.54) is 11.8 Å². The maximum Gasteiger partial charge on any atom is 0.172 e. The number of phenolic OH excluding ortho intramolecular Hbond substituents is 2. The van der Waals surface area contributed by atoms with Gasteiger partial charge in [0.25, 0.3) is 0 Å². The summed E-state index contributed by atoms with van der Waals surface area (Å²) in [6, 6.07) is 9.06. The van der Waals surface area contributed by atoms with E-state index in [1.54, 1.807) is 30.4 Å². The van der Waals surface area contributed by atoms with Crippen LogP contribution >= 0.6 is 23.5 Å². The molecule has 6 heteroatoms. The smallest absolute Gasteiger partial charge is 0.172 e. The minimum Gasteiger partial charge on any atom is -0.504 e. The maximum absolute atomic E-state index is 10.3. The molecule has 0 radical (unpaired) electrons. The highest BCUT2D eigenvalue weighted by Crippen LogP contribution is 2.46. The SMILES string of the molecule is Cc1cc(O)c(O)c(SCc2ccco2)c1SCc1ccco1. The van der Waals surface area contributed by atoms with Crippen LogP contribution in [0.2, 0.25) is 0 Å². The highest BCUT2D eigenvalue weighted by atomic mass is 32.2. The third-order valence-electron chi connectivity index (χ3n) is 3.25. The van der Waals surface area contributed by atoms with Gasteiger partial charge >= 0.3 is 0 Å². The molecule has 2 aromatic heterocycles. The molecule has 0 atom stereocenters. The predicted molar refractivity (Wildman–Crippen MR) is 91.0 cm³/mol. The van der Waals surface area contributed by atoms with E-state index in [9.17, 15) is 10.2 Å². The summed E-state index contributed by atoms with van der Waals surface area (Å²) < 4.78 is 10.7. The third kappa shape index (κ3) is 3.71. The molecule has 0 bridgehead atoms. The Bertz CT molecular complexity index is 764. The first-order valence-corrected chi connectivity index (χ1v) is 8.98. The summed E-state index contributed by atoms with van der Waals surface area (Å²) >= 11 is 3.02. The molecule has 0 saturated carbocycles. The molecular weight excluding hydrogens is 332 g/mol. The molecule has 0 unspecified atom stereocenters. The topological polar surface area (TPSA) is 66.7 Å². The lowest BCUT2D eigenvalue weighted by Crippen LogP contribution is -1.89. The average Bonchev–Trinajstić information content (AvgIpc) is 3.21. The Morgan fingerprint density at radius 2 is 1.48 bits per heavy atom. The highest BCUT2D eigenvalue weighted by molar-refractivity contribution is 8.01. The van der Waals surface area contributed by atoms with Crippen molar-refractivity contribution >= 4 is 23.5 Å². The second-order valence-corrected chi connectivity index (χ2v) is 6.93. The van der Waals surface area contributed by atoms with Gasteiger partial charge in [0.1, 0.15) is 11.5 Å². The highest BCUT2D eigenvalue weighted by Gasteiger charge is 2.17. The zero-order valence-corrected chi connectivity index (χ0v) is 14.1. The Labute approximate surface area is 142 Å². The number of aryl methyl sites for hydroxylation is 1. The first kappa shape index (κ1) is 16.0. The van der Waals surface area contributed by atoms with E-state index in [2.05, 4.69) is 0 Å². The lowest BCUT2D eigenvalue weighted by molar-refractivity contribution is 0.392. The van der Waals surface area contributed by atoms with E-state index in [0.29, 0.717) is 16.4 Å². The van der Waals surface area contributed by atoms with Gasteiger partial charge in [0.05, 0.1) is 28.9 Å². The number of rotatable bonds is 6. The molecule has 0 aliphatic heterocycles. The van der Waals surface area contributed by atoms with Crippen molar-refractivity contribution in [1.29, 1.82) is 0 Å². The third-order valence-corrected chi connectivity index (χ3v) is 5.74. The van der Waals surface area contributed by atoms with E-state index in [1.807, 2.05) is 31.2 Å². The number of aromatic hydroxyl groups is 2. The van der Waals surface area contributed by atoms with Gasteiger partial charge in [0, 0.05) is 4.90 Å². The molecule has 1 aromatic carbocycles. The average molecular weight is 348 g/mol. The number of hydrogen-bond donors (Lipinski definition) is 2. The van der Waals surface area contributed by atoms with Gasteiger partial charge in [-0.2, -0.15) is 0 Å². The first-order chi connectivity index (χ1) is 11.1. The van der Waals surface area contributed by atoms with Crippen LogP contribution < -0.4 is 0 Å². The van der Waals surface area contributed by atoms with Gasteiger partial charge in [0.2, 0.25) is 0 Å². The van der Waals surface area contributed by atoms with E-state index >= 15 is 0 Å². The number of hydrogen-bond acceptors (Lipinski definition) is 6. The summed E-state index contributed by atoms with van der Waals surface area (Å²) in [5, 5.41) is 20.2. The molecule has 120 valence electrons. The standard InChI is InChI=1S/C17H16O4S2/c1-11-8-14(18)15(19)17(23-10-13-5-3-7-21-13)16(11)22-9-12-4-2-6-20-12/h2-8,18-19H,9-10H2,1H3. The van der Waals surface area contributed by atoms with Crippen molar-refractivity contribution in [1.82, 2.24) is 0 Å². The van der Waals surface area contributed by atoms with Gasteiger partial charge in [-0.05, 0) is 42.8 Å². The molecule has 0 aliphatic carbocycles. The van der Waals surface area contributed by atoms with E-state index in [-0.39, 0.29) is 11.5 Å². The van der Waals surface area contributed by atoms with Gasteiger partial charge in [0.15, 0.2) is 11.5 Å². The van der Waals surface area contributed by atoms with Gasteiger partial charge in [-0.3, -0.25) is 0 Å². The summed E-state index contributed by atoms with van der Waals surface area (Å²) in [7, 11) is 0. The van der Waals surface area contributed by atoms with Crippen LogP contribution in [0.4, 0.5) is 0 Å². The summed E-state index contributed by atoms with van der Waals surface area (Å²) in [6.45, 7) is 1.92. The van der Waals surface area contributed by atoms with Gasteiger partial charge in [-0.25, -0.2) is 0 Å². The molecule has 3 aromatic rings. The van der Waals surface area contributed by atoms with Crippen LogP contribution in [0, 0.1) is 6.92 Å². The molecule has 2 N–H and O–H groups in total. The Morgan fingerprint density at radius 3 is 2.00 bits per heavy atom. The van der Waals surface area contributed by atoms with Crippen LogP contribution in [0.1, 0.15) is 17.1 Å². The van der Waals surface area contributed by atoms with Crippen molar-refractivity contribution in [2.45, 2.75) is 28.2 Å². The van der Waals surface area contributed by atoms with Gasteiger partial charge in [-0.15, -0.1) is 23.5 Å². The molecule has 3 rings (SSSR count). The van der Waals surface area contributed by atoms with Crippen molar-refractivity contribution < 1.29 is 19.0 Å². The molecule has 0 amide bonds. The van der Waals surface area contributed by atoms with Crippen molar-refractivity contribution in [3.05, 3.63) is 59.9 Å². The van der Waals surface area contributed by atoms with Crippen LogP contribution in [0.15, 0.2) is 61.5 Å². The lowest BCUT2D eigenvalue weighted by Gasteiger charge is -2.14. The van der Waals surface area contributed by atoms with E-state index in [4.69, 9.17) is 8.83 Å². The van der Waals surface area contributed by atoms with Crippen molar-refractivity contribution in [2.75, 3.05) is 0 Å². The van der Waals surface area contributed by atoms with E-state index in [0.717, 1.165) is 22.0 Å². The normalized spacial score (nSPS) is 11.0. The lowest BCUT2D eigenvalue weighted by atomic mass is 10.2. The molecule has 4 nitrogen and oxygen atoms in total. The van der Waals surface area contributed by atoms with Crippen LogP contribution in [-0.4, -0.2) is 10.2 Å². The molecular formula is C17H16O4S2. The largest absolute Gasteiger partial charge is 0.504 e. The molecule has 2 heterocycles. The fraction of sp³-hybridized carbons (Fsp3) is 0.176. The zero-order valence-electron chi connectivity index (χ0n) is 12.5. The van der Waals surface area contributed by atoms with Crippen LogP contribution in [0.5, 0.6) is 11.5 Å². The Morgan fingerprint density at radius 1 is 0.913 bits per heavy atom. The Kier molecular flexibility index (Phi) is 4.93. The minimum absolute atomic E-state index is 0.0888. The quantitative estimate of drug-likeness (QED) is 0.473. The predicted octanol–water partition coefficient (Wildman–Crippen LogP) is 5.18. The number of phenols is 2. The number of thioether (sulfide) groups is 2. The van der Waals surface area contributed by atoms with E-state index < -0.39 is 0 Å². The maximum atomic E-state index is 10.3. The Hall–Kier alpha value is -1.92. The first-order valence-electron chi connectivity index (χ1n) is 7.01. The van der Waals surface area contributed by atoms with Crippen molar-refractivity contribution in [3.8, 4) is 11.5 Å². The summed E-state index contributed by atoms with van der Waals surface area (Å²) in [4.78, 5) is 1.60. The molecule has 0 fully saturated rings. The Balaban J connectivity index is 1.84. The molecule has 0 saturated heterocycles. The zero-order chi connectivity index (χ0) is 16.2. The molecule has 0 spiro atoms. The molecule has 23 heavy (non-hydrogen) atoms. The van der Waals surface area contributed by atoms with Crippen molar-refractivity contribution in [3.63, 3.8) is 0 Å². The second-order valence-electron chi connectivity index (χ2n) is 4.96. The number of furan rings is 2. The van der Waals surface area contributed by atoms with Gasteiger partial charge in [-0.1, -0.05) is 0 Å². The van der Waals surface area contributed by atoms with Crippen LogP contribution in [-0.2, 0) is 11.5 Å². The van der Waals surface area contributed by atoms with Crippen LogP contribution in [0.3, 0.4) is 0 Å². The minimum atomic E-state index is -0.105. The summed E-state index contributed by atoms with van der Waals surface area (Å²) in [6.07, 6.45) is 3.26. The van der Waals surface area contributed by atoms with Gasteiger partial charge < -0.3 is 19.0 Å². The van der Waals surface area contributed by atoms with Crippen LogP contribution in [0.25, 0.3) is 0 Å². The molecule has 0 aliphatic rings. The number of benzene rings is 1. The van der Waals surface area contributed by atoms with Crippen molar-refractivity contribution in [2.24, 2.45) is 0 Å². The fourth-order valence-electron chi connectivity index (χ4n) is 2.13. The monoisotopic (exact) mass is 348 g/mol. The fourth-order valence-corrected chi connectivity index (χ4v) is 4.43. The second kappa shape index (κ2) is 7.10. The summed E-state index contributed by atoms with van der Waals surface area (Å²) in [5.74, 6) is 2.73. The summed E-state index contributed by atoms with van der Waals surface area (Å²) in [5.41, 5.74) is 0.916.